The highest BCUT2D eigenvalue weighted by Gasteiger charge is 2.31. The van der Waals surface area contributed by atoms with Gasteiger partial charge in [0.05, 0.1) is 29.0 Å². The maximum absolute atomic E-state index is 13.0. The molecule has 2 heterocycles. The predicted molar refractivity (Wildman–Crippen MR) is 140 cm³/mol. The maximum atomic E-state index is 13.0. The summed E-state index contributed by atoms with van der Waals surface area (Å²) in [5.41, 5.74) is 2.20. The molecule has 0 aliphatic carbocycles. The molecule has 1 fully saturated rings. The Labute approximate surface area is 224 Å². The van der Waals surface area contributed by atoms with E-state index < -0.39 is 22.1 Å². The molecule has 0 unspecified atom stereocenters. The molecule has 39 heavy (non-hydrogen) atoms. The van der Waals surface area contributed by atoms with E-state index in [4.69, 9.17) is 4.74 Å². The van der Waals surface area contributed by atoms with E-state index in [1.54, 1.807) is 21.0 Å². The van der Waals surface area contributed by atoms with Crippen molar-refractivity contribution in [2.75, 3.05) is 47.8 Å². The molecule has 0 spiro atoms. The summed E-state index contributed by atoms with van der Waals surface area (Å²) in [7, 11) is -2.58. The summed E-state index contributed by atoms with van der Waals surface area (Å²) in [6.45, 7) is 5.85. The van der Waals surface area contributed by atoms with Gasteiger partial charge < -0.3 is 19.3 Å². The van der Waals surface area contributed by atoms with E-state index in [0.717, 1.165) is 35.7 Å². The Morgan fingerprint density at radius 2 is 1.51 bits per heavy atom. The van der Waals surface area contributed by atoms with Gasteiger partial charge in [0.1, 0.15) is 23.4 Å². The Bertz CT molecular complexity index is 1480. The number of halogens is 3. The second-order valence-electron chi connectivity index (χ2n) is 8.80. The Kier molecular flexibility index (Phi) is 7.78. The molecule has 3 aromatic rings. The molecular formula is C26H26F3N5O4S. The summed E-state index contributed by atoms with van der Waals surface area (Å²) >= 11 is 0. The highest BCUT2D eigenvalue weighted by atomic mass is 32.2. The SMILES string of the molecule is COc1ccc(N2CCN(c3nc(C)c(NS(=O)(=O)c4ccc(OC(F)(F)F)cc4)c(C)c3C#N)CC2)cc1. The number of nitrogens with one attached hydrogen (secondary N) is 1. The van der Waals surface area contributed by atoms with Gasteiger partial charge in [-0.2, -0.15) is 5.26 Å². The average Bonchev–Trinajstić information content (AvgIpc) is 2.90. The number of benzene rings is 2. The number of aromatic nitrogens is 1. The standard InChI is InChI=1S/C26H26F3N5O4S/c1-17-23(16-30)25(34-14-12-33(13-15-34)19-4-6-20(37-3)7-5-19)31-18(2)24(17)32-39(35,36)22-10-8-21(9-11-22)38-26(27,28)29/h4-11,32H,12-15H2,1-3H3. The molecule has 9 nitrogen and oxygen atoms in total. The van der Waals surface area contributed by atoms with Crippen molar-refractivity contribution in [1.82, 2.24) is 4.98 Å². The largest absolute Gasteiger partial charge is 0.573 e. The number of hydrogen-bond acceptors (Lipinski definition) is 8. The van der Waals surface area contributed by atoms with Gasteiger partial charge in [0.2, 0.25) is 0 Å². The Morgan fingerprint density at radius 1 is 0.949 bits per heavy atom. The van der Waals surface area contributed by atoms with Crippen LogP contribution in [0, 0.1) is 25.2 Å². The van der Waals surface area contributed by atoms with Crippen LogP contribution in [-0.4, -0.2) is 53.1 Å². The van der Waals surface area contributed by atoms with Crippen LogP contribution < -0.4 is 24.0 Å². The molecule has 0 bridgehead atoms. The minimum atomic E-state index is -4.89. The minimum Gasteiger partial charge on any atom is -0.497 e. The maximum Gasteiger partial charge on any atom is 0.573 e. The molecule has 2 aromatic carbocycles. The fourth-order valence-corrected chi connectivity index (χ4v) is 5.51. The molecule has 0 saturated carbocycles. The molecule has 1 N–H and O–H groups in total. The third-order valence-electron chi connectivity index (χ3n) is 6.34. The highest BCUT2D eigenvalue weighted by Crippen LogP contribution is 2.32. The number of alkyl halides is 3. The van der Waals surface area contributed by atoms with Gasteiger partial charge in [-0.25, -0.2) is 13.4 Å². The van der Waals surface area contributed by atoms with Crippen LogP contribution in [0.1, 0.15) is 16.8 Å². The molecule has 1 aliphatic heterocycles. The predicted octanol–water partition coefficient (Wildman–Crippen LogP) is 4.60. The van der Waals surface area contributed by atoms with Crippen LogP contribution in [0.2, 0.25) is 0 Å². The normalized spacial score (nSPS) is 14.1. The van der Waals surface area contributed by atoms with E-state index in [0.29, 0.717) is 43.3 Å². The number of aryl methyl sites for hydroxylation is 1. The first kappa shape index (κ1) is 27.8. The Hall–Kier alpha value is -4.18. The lowest BCUT2D eigenvalue weighted by molar-refractivity contribution is -0.274. The minimum absolute atomic E-state index is 0.141. The zero-order valence-corrected chi connectivity index (χ0v) is 22.2. The topological polar surface area (TPSA) is 108 Å². The van der Waals surface area contributed by atoms with E-state index in [2.05, 4.69) is 25.4 Å². The van der Waals surface area contributed by atoms with E-state index in [-0.39, 0.29) is 16.1 Å². The fraction of sp³-hybridized carbons (Fsp3) is 0.308. The average molecular weight is 562 g/mol. The fourth-order valence-electron chi connectivity index (χ4n) is 4.33. The Morgan fingerprint density at radius 3 is 2.05 bits per heavy atom. The molecule has 1 aromatic heterocycles. The van der Waals surface area contributed by atoms with Crippen LogP contribution in [0.5, 0.6) is 11.5 Å². The van der Waals surface area contributed by atoms with Crippen LogP contribution in [-0.2, 0) is 10.0 Å². The summed E-state index contributed by atoms with van der Waals surface area (Å²) in [5, 5.41) is 9.94. The number of piperazine rings is 1. The summed E-state index contributed by atoms with van der Waals surface area (Å²) in [4.78, 5) is 8.52. The molecule has 4 rings (SSSR count). The van der Waals surface area contributed by atoms with Crippen LogP contribution in [0.3, 0.4) is 0 Å². The zero-order valence-electron chi connectivity index (χ0n) is 21.4. The molecule has 1 saturated heterocycles. The number of rotatable bonds is 7. The zero-order chi connectivity index (χ0) is 28.4. The number of nitrogens with zero attached hydrogens (tertiary/aromatic N) is 4. The van der Waals surface area contributed by atoms with Crippen molar-refractivity contribution in [3.8, 4) is 17.6 Å². The van der Waals surface area contributed by atoms with Gasteiger partial charge in [0, 0.05) is 31.9 Å². The van der Waals surface area contributed by atoms with Gasteiger partial charge in [-0.3, -0.25) is 4.72 Å². The second kappa shape index (κ2) is 10.9. The van der Waals surface area contributed by atoms with E-state index in [1.165, 1.54) is 0 Å². The molecule has 0 amide bonds. The van der Waals surface area contributed by atoms with Gasteiger partial charge in [0.15, 0.2) is 0 Å². The Balaban J connectivity index is 1.53. The number of ether oxygens (including phenoxy) is 2. The van der Waals surface area contributed by atoms with Crippen molar-refractivity contribution < 1.29 is 31.1 Å². The van der Waals surface area contributed by atoms with Gasteiger partial charge in [-0.15, -0.1) is 13.2 Å². The van der Waals surface area contributed by atoms with Crippen LogP contribution >= 0.6 is 0 Å². The van der Waals surface area contributed by atoms with Crippen molar-refractivity contribution in [3.05, 3.63) is 65.4 Å². The summed E-state index contributed by atoms with van der Waals surface area (Å²) in [5.74, 6) is 0.701. The van der Waals surface area contributed by atoms with Gasteiger partial charge in [-0.1, -0.05) is 0 Å². The second-order valence-corrected chi connectivity index (χ2v) is 10.5. The smallest absolute Gasteiger partial charge is 0.497 e. The lowest BCUT2D eigenvalue weighted by Gasteiger charge is -2.37. The van der Waals surface area contributed by atoms with E-state index in [9.17, 15) is 26.9 Å². The van der Waals surface area contributed by atoms with E-state index in [1.807, 2.05) is 29.2 Å². The number of pyridine rings is 1. The lowest BCUT2D eigenvalue weighted by atomic mass is 10.1. The third kappa shape index (κ3) is 6.28. The summed E-state index contributed by atoms with van der Waals surface area (Å²) < 4.78 is 74.7. The van der Waals surface area contributed by atoms with Crippen molar-refractivity contribution in [2.24, 2.45) is 0 Å². The van der Waals surface area contributed by atoms with E-state index >= 15 is 0 Å². The molecule has 0 atom stereocenters. The summed E-state index contributed by atoms with van der Waals surface area (Å²) in [6, 6.07) is 13.7. The molecule has 0 radical (unpaired) electrons. The van der Waals surface area contributed by atoms with Crippen LogP contribution in [0.25, 0.3) is 0 Å². The molecular weight excluding hydrogens is 535 g/mol. The third-order valence-corrected chi connectivity index (χ3v) is 7.71. The van der Waals surface area contributed by atoms with Crippen molar-refractivity contribution in [2.45, 2.75) is 25.1 Å². The number of sulfonamides is 1. The van der Waals surface area contributed by atoms with Crippen molar-refractivity contribution >= 4 is 27.2 Å². The number of hydrogen-bond donors (Lipinski definition) is 1. The monoisotopic (exact) mass is 561 g/mol. The summed E-state index contributed by atoms with van der Waals surface area (Å²) in [6.07, 6.45) is -4.89. The van der Waals surface area contributed by atoms with Crippen molar-refractivity contribution in [1.29, 1.82) is 5.26 Å². The highest BCUT2D eigenvalue weighted by molar-refractivity contribution is 7.92. The molecule has 13 heteroatoms. The van der Waals surface area contributed by atoms with Gasteiger partial charge in [0.25, 0.3) is 10.0 Å². The van der Waals surface area contributed by atoms with Gasteiger partial charge >= 0.3 is 6.36 Å². The number of anilines is 3. The van der Waals surface area contributed by atoms with Crippen LogP contribution in [0.15, 0.2) is 53.4 Å². The number of methoxy groups -OCH3 is 1. The lowest BCUT2D eigenvalue weighted by Crippen LogP contribution is -2.47. The van der Waals surface area contributed by atoms with Crippen molar-refractivity contribution in [3.63, 3.8) is 0 Å². The first-order valence-corrected chi connectivity index (χ1v) is 13.3. The molecule has 206 valence electrons. The number of nitriles is 1. The van der Waals surface area contributed by atoms with Gasteiger partial charge in [-0.05, 0) is 67.9 Å². The van der Waals surface area contributed by atoms with Crippen LogP contribution in [0.4, 0.5) is 30.4 Å². The first-order chi connectivity index (χ1) is 18.4. The quantitative estimate of drug-likeness (QED) is 0.446. The first-order valence-electron chi connectivity index (χ1n) is 11.9. The molecule has 1 aliphatic rings.